The van der Waals surface area contributed by atoms with Crippen LogP contribution in [-0.2, 0) is 9.53 Å². The van der Waals surface area contributed by atoms with Crippen LogP contribution in [0.25, 0.3) is 6.08 Å². The van der Waals surface area contributed by atoms with Crippen LogP contribution in [0.1, 0.15) is 5.56 Å². The zero-order chi connectivity index (χ0) is 12.1. The third kappa shape index (κ3) is 2.88. The van der Waals surface area contributed by atoms with Crippen molar-refractivity contribution < 1.29 is 18.8 Å². The minimum atomic E-state index is -0.668. The number of carbonyl (C=O) groups excluding carboxylic acids is 1. The van der Waals surface area contributed by atoms with Crippen LogP contribution in [0.2, 0.25) is 0 Å². The molecule has 0 amide bonds. The minimum Gasteiger partial charge on any atom is -0.466 e. The van der Waals surface area contributed by atoms with Gasteiger partial charge in [0.1, 0.15) is 5.82 Å². The molecule has 0 atom stereocenters. The molecule has 0 bridgehead atoms. The van der Waals surface area contributed by atoms with Gasteiger partial charge in [0, 0.05) is 12.1 Å². The average molecular weight is 225 g/mol. The summed E-state index contributed by atoms with van der Waals surface area (Å²) in [5, 5.41) is 10.6. The van der Waals surface area contributed by atoms with Crippen LogP contribution in [-0.4, -0.2) is 18.0 Å². The number of nitro benzene ring substituents is 1. The number of rotatable bonds is 3. The number of ether oxygens (including phenoxy) is 1. The molecule has 1 aromatic carbocycles. The third-order valence-corrected chi connectivity index (χ3v) is 1.79. The molecule has 1 rings (SSSR count). The summed E-state index contributed by atoms with van der Waals surface area (Å²) >= 11 is 0. The zero-order valence-corrected chi connectivity index (χ0v) is 8.34. The second-order valence-electron chi connectivity index (χ2n) is 2.82. The fourth-order valence-corrected chi connectivity index (χ4v) is 1.05. The van der Waals surface area contributed by atoms with Crippen molar-refractivity contribution in [3.05, 3.63) is 45.8 Å². The molecule has 16 heavy (non-hydrogen) atoms. The molecule has 1 aromatic rings. The normalized spacial score (nSPS) is 10.4. The molecule has 0 saturated heterocycles. The monoisotopic (exact) mass is 225 g/mol. The van der Waals surface area contributed by atoms with E-state index in [1.165, 1.54) is 7.11 Å². The maximum Gasteiger partial charge on any atom is 0.330 e. The first kappa shape index (κ1) is 11.8. The molecule has 0 unspecified atom stereocenters. The minimum absolute atomic E-state index is 0.00963. The summed E-state index contributed by atoms with van der Waals surface area (Å²) in [6, 6.07) is 2.98. The number of nitro groups is 1. The van der Waals surface area contributed by atoms with E-state index in [0.717, 1.165) is 30.4 Å². The summed E-state index contributed by atoms with van der Waals surface area (Å²) in [5.74, 6) is -1.28. The topological polar surface area (TPSA) is 69.4 Å². The van der Waals surface area contributed by atoms with E-state index >= 15 is 0 Å². The first-order valence-corrected chi connectivity index (χ1v) is 4.24. The number of methoxy groups -OCH3 is 1. The lowest BCUT2D eigenvalue weighted by Crippen LogP contribution is -1.95. The summed E-state index contributed by atoms with van der Waals surface area (Å²) in [6.07, 6.45) is 2.12. The number of esters is 1. The van der Waals surface area contributed by atoms with Gasteiger partial charge >= 0.3 is 5.97 Å². The highest BCUT2D eigenvalue weighted by atomic mass is 19.1. The highest BCUT2D eigenvalue weighted by molar-refractivity contribution is 5.87. The van der Waals surface area contributed by atoms with Crippen molar-refractivity contribution in [2.75, 3.05) is 7.11 Å². The van der Waals surface area contributed by atoms with Gasteiger partial charge < -0.3 is 4.74 Å². The fraction of sp³-hybridized carbons (Fsp3) is 0.100. The smallest absolute Gasteiger partial charge is 0.330 e. The van der Waals surface area contributed by atoms with Gasteiger partial charge in [-0.15, -0.1) is 0 Å². The van der Waals surface area contributed by atoms with Gasteiger partial charge in [-0.1, -0.05) is 0 Å². The van der Waals surface area contributed by atoms with E-state index in [4.69, 9.17) is 0 Å². The summed E-state index contributed by atoms with van der Waals surface area (Å²) in [4.78, 5) is 20.7. The van der Waals surface area contributed by atoms with Gasteiger partial charge in [-0.05, 0) is 18.2 Å². The number of halogens is 1. The maximum atomic E-state index is 12.8. The Hall–Kier alpha value is -2.24. The molecule has 0 aromatic heterocycles. The van der Waals surface area contributed by atoms with E-state index in [0.29, 0.717) is 0 Å². The Labute approximate surface area is 90.3 Å². The highest BCUT2D eigenvalue weighted by Gasteiger charge is 2.12. The first-order valence-electron chi connectivity index (χ1n) is 4.24. The van der Waals surface area contributed by atoms with E-state index < -0.39 is 16.7 Å². The predicted molar refractivity (Wildman–Crippen MR) is 54.1 cm³/mol. The Balaban J connectivity index is 3.10. The first-order chi connectivity index (χ1) is 7.54. The van der Waals surface area contributed by atoms with Crippen molar-refractivity contribution in [1.82, 2.24) is 0 Å². The maximum absolute atomic E-state index is 12.8. The molecule has 0 saturated carbocycles. The molecular weight excluding hydrogens is 217 g/mol. The van der Waals surface area contributed by atoms with Gasteiger partial charge in [-0.2, -0.15) is 0 Å². The second-order valence-corrected chi connectivity index (χ2v) is 2.82. The number of nitrogens with zero attached hydrogens (tertiary/aromatic N) is 1. The molecule has 6 heteroatoms. The number of carbonyl (C=O) groups is 1. The molecule has 0 N–H and O–H groups in total. The van der Waals surface area contributed by atoms with Gasteiger partial charge in [0.2, 0.25) is 0 Å². The average Bonchev–Trinajstić information content (AvgIpc) is 2.25. The zero-order valence-electron chi connectivity index (χ0n) is 8.34. The molecule has 84 valence electrons. The van der Waals surface area contributed by atoms with E-state index in [2.05, 4.69) is 4.74 Å². The molecule has 0 aliphatic rings. The highest BCUT2D eigenvalue weighted by Crippen LogP contribution is 2.20. The standard InChI is InChI=1S/C10H8FNO4/c1-16-10(13)5-2-7-6-8(11)3-4-9(7)12(14)15/h2-6H,1H3. The third-order valence-electron chi connectivity index (χ3n) is 1.79. The predicted octanol–water partition coefficient (Wildman–Crippen LogP) is 1.92. The Kier molecular flexibility index (Phi) is 3.71. The van der Waals surface area contributed by atoms with Crippen molar-refractivity contribution in [2.45, 2.75) is 0 Å². The molecule has 0 fully saturated rings. The summed E-state index contributed by atoms with van der Waals surface area (Å²) in [6.45, 7) is 0. The van der Waals surface area contributed by atoms with E-state index in [1.54, 1.807) is 0 Å². The summed E-state index contributed by atoms with van der Waals surface area (Å²) in [5.41, 5.74) is -0.267. The SMILES string of the molecule is COC(=O)C=Cc1cc(F)ccc1[N+](=O)[O-]. The van der Waals surface area contributed by atoms with Crippen LogP contribution < -0.4 is 0 Å². The summed E-state index contributed by atoms with van der Waals surface area (Å²) < 4.78 is 17.2. The Morgan fingerprint density at radius 2 is 2.25 bits per heavy atom. The van der Waals surface area contributed by atoms with Crippen LogP contribution in [0.15, 0.2) is 24.3 Å². The van der Waals surface area contributed by atoms with Crippen LogP contribution >= 0.6 is 0 Å². The Morgan fingerprint density at radius 3 is 2.81 bits per heavy atom. The number of hydrogen-bond donors (Lipinski definition) is 0. The van der Waals surface area contributed by atoms with Gasteiger partial charge in [0.25, 0.3) is 5.69 Å². The van der Waals surface area contributed by atoms with Crippen LogP contribution in [0, 0.1) is 15.9 Å². The number of benzene rings is 1. The van der Waals surface area contributed by atoms with Crippen molar-refractivity contribution in [1.29, 1.82) is 0 Å². The molecule has 0 heterocycles. The molecule has 0 aliphatic heterocycles. The lowest BCUT2D eigenvalue weighted by atomic mass is 10.1. The lowest BCUT2D eigenvalue weighted by Gasteiger charge is -1.97. The van der Waals surface area contributed by atoms with Crippen molar-refractivity contribution >= 4 is 17.7 Å². The van der Waals surface area contributed by atoms with Crippen LogP contribution in [0.4, 0.5) is 10.1 Å². The molecule has 0 spiro atoms. The van der Waals surface area contributed by atoms with Gasteiger partial charge in [-0.25, -0.2) is 9.18 Å². The van der Waals surface area contributed by atoms with E-state index in [1.807, 2.05) is 0 Å². The molecule has 5 nitrogen and oxygen atoms in total. The summed E-state index contributed by atoms with van der Waals surface area (Å²) in [7, 11) is 1.17. The van der Waals surface area contributed by atoms with Crippen molar-refractivity contribution in [3.8, 4) is 0 Å². The molecule has 0 radical (unpaired) electrons. The van der Waals surface area contributed by atoms with E-state index in [-0.39, 0.29) is 11.3 Å². The molecule has 0 aliphatic carbocycles. The van der Waals surface area contributed by atoms with Crippen molar-refractivity contribution in [2.24, 2.45) is 0 Å². The molecular formula is C10H8FNO4. The van der Waals surface area contributed by atoms with E-state index in [9.17, 15) is 19.3 Å². The quantitative estimate of drug-likeness (QED) is 0.341. The Bertz CT molecular complexity index is 456. The largest absolute Gasteiger partial charge is 0.466 e. The van der Waals surface area contributed by atoms with Crippen molar-refractivity contribution in [3.63, 3.8) is 0 Å². The lowest BCUT2D eigenvalue weighted by molar-refractivity contribution is -0.385. The van der Waals surface area contributed by atoms with Gasteiger partial charge in [0.05, 0.1) is 17.6 Å². The van der Waals surface area contributed by atoms with Crippen LogP contribution in [0.3, 0.4) is 0 Å². The Morgan fingerprint density at radius 1 is 1.56 bits per heavy atom. The second kappa shape index (κ2) is 5.01. The number of hydrogen-bond acceptors (Lipinski definition) is 4. The van der Waals surface area contributed by atoms with Crippen LogP contribution in [0.5, 0.6) is 0 Å². The fourth-order valence-electron chi connectivity index (χ4n) is 1.05. The van der Waals surface area contributed by atoms with Gasteiger partial charge in [-0.3, -0.25) is 10.1 Å². The van der Waals surface area contributed by atoms with Gasteiger partial charge in [0.15, 0.2) is 0 Å².